The Morgan fingerprint density at radius 3 is 2.38 bits per heavy atom. The van der Waals surface area contributed by atoms with E-state index in [1.165, 1.54) is 4.90 Å². The number of nitrogens with zero attached hydrogens (tertiary/aromatic N) is 1. The second-order valence-corrected chi connectivity index (χ2v) is 6.05. The number of hydrogen-bond donors (Lipinski definition) is 2. The molecular weight excluding hydrogens is 328 g/mol. The number of hydrogen-bond acceptors (Lipinski definition) is 4. The van der Waals surface area contributed by atoms with Crippen LogP contribution in [0.5, 0.6) is 0 Å². The summed E-state index contributed by atoms with van der Waals surface area (Å²) in [6.07, 6.45) is 0.700. The van der Waals surface area contributed by atoms with E-state index in [9.17, 15) is 9.59 Å². The quantitative estimate of drug-likeness (QED) is 0.818. The Hall–Kier alpha value is -2.37. The smallest absolute Gasteiger partial charge is 0.256 e. The second kappa shape index (κ2) is 7.03. The van der Waals surface area contributed by atoms with E-state index in [1.54, 1.807) is 24.3 Å². The van der Waals surface area contributed by atoms with E-state index < -0.39 is 6.04 Å². The van der Waals surface area contributed by atoms with E-state index in [0.29, 0.717) is 17.1 Å². The van der Waals surface area contributed by atoms with Crippen LogP contribution in [-0.4, -0.2) is 29.6 Å². The maximum atomic E-state index is 12.6. The van der Waals surface area contributed by atoms with E-state index >= 15 is 0 Å². The number of rotatable bonds is 5. The fourth-order valence-corrected chi connectivity index (χ4v) is 2.83. The normalized spacial score (nSPS) is 17.4. The number of halogens is 1. The molecule has 1 atom stereocenters. The first-order chi connectivity index (χ1) is 11.6. The van der Waals surface area contributed by atoms with Crippen molar-refractivity contribution in [3.8, 4) is 0 Å². The van der Waals surface area contributed by atoms with Gasteiger partial charge in [-0.25, -0.2) is 4.90 Å². The number of anilines is 2. The molecule has 0 radical (unpaired) electrons. The molecule has 3 rings (SSSR count). The number of carbonyl (C=O) groups is 2. The van der Waals surface area contributed by atoms with Crippen molar-refractivity contribution in [2.75, 3.05) is 16.8 Å². The van der Waals surface area contributed by atoms with Crippen molar-refractivity contribution in [2.24, 2.45) is 0 Å². The van der Waals surface area contributed by atoms with Gasteiger partial charge >= 0.3 is 0 Å². The van der Waals surface area contributed by atoms with E-state index in [4.69, 9.17) is 16.7 Å². The molecule has 2 amide bonds. The zero-order chi connectivity index (χ0) is 17.1. The summed E-state index contributed by atoms with van der Waals surface area (Å²) in [5.41, 5.74) is 2.30. The summed E-state index contributed by atoms with van der Waals surface area (Å²) in [6, 6.07) is 13.5. The van der Waals surface area contributed by atoms with Crippen LogP contribution in [0, 0.1) is 0 Å². The van der Waals surface area contributed by atoms with E-state index in [-0.39, 0.29) is 24.8 Å². The summed E-state index contributed by atoms with van der Waals surface area (Å²) in [5, 5.41) is 12.6. The van der Waals surface area contributed by atoms with Crippen LogP contribution in [0.15, 0.2) is 48.5 Å². The molecular formula is C18H17ClN2O3. The van der Waals surface area contributed by atoms with Crippen molar-refractivity contribution in [1.82, 2.24) is 0 Å². The fraction of sp³-hybridized carbons (Fsp3) is 0.222. The molecule has 1 fully saturated rings. The molecule has 124 valence electrons. The molecule has 1 saturated heterocycles. The highest BCUT2D eigenvalue weighted by atomic mass is 35.5. The average molecular weight is 345 g/mol. The second-order valence-electron chi connectivity index (χ2n) is 5.62. The summed E-state index contributed by atoms with van der Waals surface area (Å²) in [5.74, 6) is -0.515. The van der Waals surface area contributed by atoms with Gasteiger partial charge in [-0.05, 0) is 48.4 Å². The molecule has 2 aromatic carbocycles. The highest BCUT2D eigenvalue weighted by molar-refractivity contribution is 6.30. The molecule has 24 heavy (non-hydrogen) atoms. The molecule has 1 aliphatic rings. The predicted octanol–water partition coefficient (Wildman–Crippen LogP) is 2.62. The third-order valence-corrected chi connectivity index (χ3v) is 4.18. The van der Waals surface area contributed by atoms with Gasteiger partial charge in [0.1, 0.15) is 6.04 Å². The van der Waals surface area contributed by atoms with Gasteiger partial charge in [0, 0.05) is 17.3 Å². The van der Waals surface area contributed by atoms with Gasteiger partial charge in [-0.15, -0.1) is 0 Å². The SMILES string of the molecule is O=C1CC(Nc2ccc(CCO)cc2)C(=O)N1c1ccc(Cl)cc1. The predicted molar refractivity (Wildman–Crippen MR) is 93.2 cm³/mol. The van der Waals surface area contributed by atoms with Gasteiger partial charge in [0.05, 0.1) is 12.1 Å². The molecule has 0 bridgehead atoms. The Labute approximate surface area is 144 Å². The van der Waals surface area contributed by atoms with Crippen molar-refractivity contribution in [2.45, 2.75) is 18.9 Å². The zero-order valence-electron chi connectivity index (χ0n) is 12.9. The summed E-state index contributed by atoms with van der Waals surface area (Å²) in [4.78, 5) is 26.0. The van der Waals surface area contributed by atoms with Crippen molar-refractivity contribution >= 4 is 34.8 Å². The van der Waals surface area contributed by atoms with Crippen LogP contribution in [0.1, 0.15) is 12.0 Å². The van der Waals surface area contributed by atoms with Crippen LogP contribution in [0.4, 0.5) is 11.4 Å². The number of aliphatic hydroxyl groups excluding tert-OH is 1. The van der Waals surface area contributed by atoms with Gasteiger partial charge in [0.25, 0.3) is 5.91 Å². The Morgan fingerprint density at radius 2 is 1.75 bits per heavy atom. The Bertz CT molecular complexity index is 744. The standard InChI is InChI=1S/C18H17ClN2O3/c19-13-3-7-15(8-4-13)21-17(23)11-16(18(21)24)20-14-5-1-12(2-6-14)9-10-22/h1-8,16,20,22H,9-11H2. The summed E-state index contributed by atoms with van der Waals surface area (Å²) in [7, 11) is 0. The lowest BCUT2D eigenvalue weighted by molar-refractivity contribution is -0.121. The van der Waals surface area contributed by atoms with Crippen molar-refractivity contribution < 1.29 is 14.7 Å². The maximum absolute atomic E-state index is 12.6. The zero-order valence-corrected chi connectivity index (χ0v) is 13.7. The molecule has 6 heteroatoms. The monoisotopic (exact) mass is 344 g/mol. The molecule has 5 nitrogen and oxygen atoms in total. The van der Waals surface area contributed by atoms with Crippen LogP contribution in [0.2, 0.25) is 5.02 Å². The van der Waals surface area contributed by atoms with Crippen LogP contribution in [0.3, 0.4) is 0 Å². The third-order valence-electron chi connectivity index (χ3n) is 3.93. The minimum absolute atomic E-state index is 0.0957. The van der Waals surface area contributed by atoms with E-state index in [1.807, 2.05) is 24.3 Å². The van der Waals surface area contributed by atoms with Crippen LogP contribution in [-0.2, 0) is 16.0 Å². The van der Waals surface area contributed by atoms with E-state index in [2.05, 4.69) is 5.32 Å². The van der Waals surface area contributed by atoms with Gasteiger partial charge in [0.15, 0.2) is 0 Å². The molecule has 2 N–H and O–H groups in total. The number of imide groups is 1. The highest BCUT2D eigenvalue weighted by Crippen LogP contribution is 2.26. The number of nitrogens with one attached hydrogen (secondary N) is 1. The highest BCUT2D eigenvalue weighted by Gasteiger charge is 2.39. The van der Waals surface area contributed by atoms with Gasteiger partial charge in [-0.3, -0.25) is 9.59 Å². The topological polar surface area (TPSA) is 69.6 Å². The number of carbonyl (C=O) groups excluding carboxylic acids is 2. The molecule has 1 heterocycles. The summed E-state index contributed by atoms with van der Waals surface area (Å²) < 4.78 is 0. The molecule has 0 aromatic heterocycles. The minimum atomic E-state index is -0.586. The first kappa shape index (κ1) is 16.5. The van der Waals surface area contributed by atoms with Crippen LogP contribution >= 0.6 is 11.6 Å². The third kappa shape index (κ3) is 3.42. The Kier molecular flexibility index (Phi) is 4.83. The van der Waals surface area contributed by atoms with Crippen molar-refractivity contribution in [3.63, 3.8) is 0 Å². The fourth-order valence-electron chi connectivity index (χ4n) is 2.70. The van der Waals surface area contributed by atoms with E-state index in [0.717, 1.165) is 11.3 Å². The van der Waals surface area contributed by atoms with Gasteiger partial charge in [-0.1, -0.05) is 23.7 Å². The molecule has 0 spiro atoms. The lowest BCUT2D eigenvalue weighted by Gasteiger charge is -2.16. The lowest BCUT2D eigenvalue weighted by Crippen LogP contribution is -2.34. The van der Waals surface area contributed by atoms with Crippen LogP contribution in [0.25, 0.3) is 0 Å². The summed E-state index contributed by atoms with van der Waals surface area (Å²) in [6.45, 7) is 0.0957. The Balaban J connectivity index is 1.72. The minimum Gasteiger partial charge on any atom is -0.396 e. The first-order valence-corrected chi connectivity index (χ1v) is 8.05. The van der Waals surface area contributed by atoms with Crippen molar-refractivity contribution in [3.05, 3.63) is 59.1 Å². The Morgan fingerprint density at radius 1 is 1.08 bits per heavy atom. The molecule has 1 unspecified atom stereocenters. The lowest BCUT2D eigenvalue weighted by atomic mass is 10.1. The molecule has 0 saturated carbocycles. The molecule has 2 aromatic rings. The van der Waals surface area contributed by atoms with Gasteiger partial charge in [-0.2, -0.15) is 0 Å². The van der Waals surface area contributed by atoms with Crippen molar-refractivity contribution in [1.29, 1.82) is 0 Å². The molecule has 1 aliphatic heterocycles. The summed E-state index contributed by atoms with van der Waals surface area (Å²) >= 11 is 5.85. The molecule has 0 aliphatic carbocycles. The number of amides is 2. The number of aliphatic hydroxyl groups is 1. The van der Waals surface area contributed by atoms with Gasteiger partial charge in [0.2, 0.25) is 5.91 Å². The first-order valence-electron chi connectivity index (χ1n) is 7.67. The maximum Gasteiger partial charge on any atom is 0.256 e. The van der Waals surface area contributed by atoms with Gasteiger partial charge < -0.3 is 10.4 Å². The van der Waals surface area contributed by atoms with Crippen LogP contribution < -0.4 is 10.2 Å². The number of benzene rings is 2. The average Bonchev–Trinajstić information content (AvgIpc) is 2.85. The largest absolute Gasteiger partial charge is 0.396 e.